The highest BCUT2D eigenvalue weighted by Gasteiger charge is 2.29. The Kier molecular flexibility index (Phi) is 4.94. The largest absolute Gasteiger partial charge is 0.396 e. The van der Waals surface area contributed by atoms with Gasteiger partial charge in [0, 0.05) is 24.4 Å². The molecule has 1 rings (SSSR count). The Morgan fingerprint density at radius 1 is 1.47 bits per heavy atom. The van der Waals surface area contributed by atoms with Gasteiger partial charge in [-0.3, -0.25) is 0 Å². The highest BCUT2D eigenvalue weighted by Crippen LogP contribution is 2.33. The number of thioether (sulfide) groups is 1. The van der Waals surface area contributed by atoms with Crippen molar-refractivity contribution in [1.82, 2.24) is 5.32 Å². The molecule has 0 aliphatic carbocycles. The summed E-state index contributed by atoms with van der Waals surface area (Å²) in [5, 5.41) is 12.7. The van der Waals surface area contributed by atoms with Crippen LogP contribution >= 0.6 is 11.8 Å². The van der Waals surface area contributed by atoms with Gasteiger partial charge in [0.1, 0.15) is 0 Å². The quantitative estimate of drug-likeness (QED) is 0.777. The van der Waals surface area contributed by atoms with E-state index in [1.807, 2.05) is 11.8 Å². The van der Waals surface area contributed by atoms with E-state index in [-0.39, 0.29) is 6.61 Å². The molecule has 0 bridgehead atoms. The van der Waals surface area contributed by atoms with Crippen LogP contribution in [0.4, 0.5) is 0 Å². The Morgan fingerprint density at radius 2 is 2.13 bits per heavy atom. The fourth-order valence-electron chi connectivity index (χ4n) is 2.06. The molecule has 0 amide bonds. The average Bonchev–Trinajstić information content (AvgIpc) is 2.14. The lowest BCUT2D eigenvalue weighted by Crippen LogP contribution is -2.46. The topological polar surface area (TPSA) is 32.3 Å². The van der Waals surface area contributed by atoms with Crippen molar-refractivity contribution in [2.24, 2.45) is 11.3 Å². The van der Waals surface area contributed by atoms with Crippen molar-refractivity contribution in [2.45, 2.75) is 46.2 Å². The van der Waals surface area contributed by atoms with Gasteiger partial charge >= 0.3 is 0 Å². The third-order valence-corrected chi connectivity index (χ3v) is 4.87. The maximum absolute atomic E-state index is 9.09. The van der Waals surface area contributed by atoms with E-state index < -0.39 is 0 Å². The maximum atomic E-state index is 9.09. The van der Waals surface area contributed by atoms with E-state index in [0.29, 0.717) is 23.4 Å². The molecule has 0 aromatic carbocycles. The van der Waals surface area contributed by atoms with Crippen molar-refractivity contribution in [1.29, 1.82) is 0 Å². The van der Waals surface area contributed by atoms with Crippen molar-refractivity contribution in [3.63, 3.8) is 0 Å². The van der Waals surface area contributed by atoms with E-state index in [0.717, 1.165) is 0 Å². The summed E-state index contributed by atoms with van der Waals surface area (Å²) >= 11 is 2.05. The van der Waals surface area contributed by atoms with Gasteiger partial charge in [0.2, 0.25) is 0 Å². The number of hydrogen-bond donors (Lipinski definition) is 2. The van der Waals surface area contributed by atoms with Crippen molar-refractivity contribution in [3.8, 4) is 0 Å². The summed E-state index contributed by atoms with van der Waals surface area (Å²) in [6.07, 6.45) is 1.25. The second kappa shape index (κ2) is 5.55. The van der Waals surface area contributed by atoms with Crippen LogP contribution in [-0.2, 0) is 0 Å². The number of hydrogen-bond acceptors (Lipinski definition) is 3. The second-order valence-corrected chi connectivity index (χ2v) is 6.73. The zero-order valence-electron chi connectivity index (χ0n) is 10.4. The lowest BCUT2D eigenvalue weighted by Gasteiger charge is -2.37. The zero-order chi connectivity index (χ0) is 11.5. The summed E-state index contributed by atoms with van der Waals surface area (Å²) in [6, 6.07) is 1.03. The molecule has 0 spiro atoms. The molecule has 2 nitrogen and oxygen atoms in total. The fraction of sp³-hybridized carbons (Fsp3) is 1.00. The Bertz CT molecular complexity index is 196. The summed E-state index contributed by atoms with van der Waals surface area (Å²) in [5.41, 5.74) is 0.461. The van der Waals surface area contributed by atoms with Crippen LogP contribution in [0.25, 0.3) is 0 Å². The molecule has 1 heterocycles. The summed E-state index contributed by atoms with van der Waals surface area (Å²) in [4.78, 5) is 0. The van der Waals surface area contributed by atoms with Crippen molar-refractivity contribution in [3.05, 3.63) is 0 Å². The molecule has 3 heteroatoms. The average molecular weight is 231 g/mol. The maximum Gasteiger partial charge on any atom is 0.0471 e. The minimum absolute atomic E-state index is 0.275. The summed E-state index contributed by atoms with van der Waals surface area (Å²) in [7, 11) is 0. The Labute approximate surface area is 98.2 Å². The molecule has 3 atom stereocenters. The molecule has 90 valence electrons. The molecule has 1 fully saturated rings. The van der Waals surface area contributed by atoms with Crippen molar-refractivity contribution < 1.29 is 5.11 Å². The fourth-order valence-corrected chi connectivity index (χ4v) is 3.35. The molecule has 0 radical (unpaired) electrons. The number of nitrogens with one attached hydrogen (secondary N) is 1. The highest BCUT2D eigenvalue weighted by molar-refractivity contribution is 7.99. The standard InChI is InChI=1S/C12H25NOS/c1-9(6-14)10(2)13-11-5-12(3,4)8-15-7-11/h9-11,13-14H,5-8H2,1-4H3. The first-order chi connectivity index (χ1) is 6.94. The van der Waals surface area contributed by atoms with Crippen molar-refractivity contribution >= 4 is 11.8 Å². The lowest BCUT2D eigenvalue weighted by molar-refractivity contribution is 0.194. The van der Waals surface area contributed by atoms with E-state index in [2.05, 4.69) is 33.0 Å². The van der Waals surface area contributed by atoms with Gasteiger partial charge in [-0.25, -0.2) is 0 Å². The van der Waals surface area contributed by atoms with E-state index in [9.17, 15) is 0 Å². The molecule has 0 saturated carbocycles. The normalized spacial score (nSPS) is 29.8. The molecule has 1 aliphatic heterocycles. The molecular weight excluding hydrogens is 206 g/mol. The monoisotopic (exact) mass is 231 g/mol. The van der Waals surface area contributed by atoms with Gasteiger partial charge in [-0.05, 0) is 30.4 Å². The minimum Gasteiger partial charge on any atom is -0.396 e. The van der Waals surface area contributed by atoms with Gasteiger partial charge < -0.3 is 10.4 Å². The van der Waals surface area contributed by atoms with E-state index in [4.69, 9.17) is 5.11 Å². The Hall–Kier alpha value is 0.270. The highest BCUT2D eigenvalue weighted by atomic mass is 32.2. The van der Waals surface area contributed by atoms with Gasteiger partial charge in [0.15, 0.2) is 0 Å². The first-order valence-corrected chi connectivity index (χ1v) is 7.05. The molecule has 3 unspecified atom stereocenters. The van der Waals surface area contributed by atoms with Gasteiger partial charge in [0.05, 0.1) is 0 Å². The second-order valence-electron chi connectivity index (χ2n) is 5.70. The molecule has 0 aromatic heterocycles. The van der Waals surface area contributed by atoms with Crippen LogP contribution in [0.1, 0.15) is 34.1 Å². The van der Waals surface area contributed by atoms with Crippen LogP contribution in [0.3, 0.4) is 0 Å². The minimum atomic E-state index is 0.275. The van der Waals surface area contributed by atoms with Gasteiger partial charge in [0.25, 0.3) is 0 Å². The third-order valence-electron chi connectivity index (χ3n) is 3.25. The van der Waals surface area contributed by atoms with Crippen LogP contribution in [0.2, 0.25) is 0 Å². The van der Waals surface area contributed by atoms with Crippen LogP contribution in [0.15, 0.2) is 0 Å². The lowest BCUT2D eigenvalue weighted by atomic mass is 9.87. The number of aliphatic hydroxyl groups is 1. The summed E-state index contributed by atoms with van der Waals surface area (Å²) < 4.78 is 0. The van der Waals surface area contributed by atoms with E-state index in [1.165, 1.54) is 17.9 Å². The van der Waals surface area contributed by atoms with Crippen LogP contribution < -0.4 is 5.32 Å². The first-order valence-electron chi connectivity index (χ1n) is 5.89. The predicted molar refractivity (Wildman–Crippen MR) is 68.4 cm³/mol. The van der Waals surface area contributed by atoms with Gasteiger partial charge in [-0.2, -0.15) is 11.8 Å². The van der Waals surface area contributed by atoms with E-state index in [1.54, 1.807) is 0 Å². The molecule has 15 heavy (non-hydrogen) atoms. The van der Waals surface area contributed by atoms with Gasteiger partial charge in [-0.15, -0.1) is 0 Å². The smallest absolute Gasteiger partial charge is 0.0471 e. The molecule has 1 saturated heterocycles. The summed E-state index contributed by atoms with van der Waals surface area (Å²) in [6.45, 7) is 9.23. The van der Waals surface area contributed by atoms with Crippen molar-refractivity contribution in [2.75, 3.05) is 18.1 Å². The number of aliphatic hydroxyl groups excluding tert-OH is 1. The van der Waals surface area contributed by atoms with E-state index >= 15 is 0 Å². The zero-order valence-corrected chi connectivity index (χ0v) is 11.2. The molecule has 1 aliphatic rings. The first kappa shape index (κ1) is 13.3. The Balaban J connectivity index is 2.38. The third kappa shape index (κ3) is 4.33. The molecule has 2 N–H and O–H groups in total. The van der Waals surface area contributed by atoms with Crippen LogP contribution in [0, 0.1) is 11.3 Å². The van der Waals surface area contributed by atoms with Crippen LogP contribution in [0.5, 0.6) is 0 Å². The van der Waals surface area contributed by atoms with Gasteiger partial charge in [-0.1, -0.05) is 20.8 Å². The predicted octanol–water partition coefficient (Wildman–Crippen LogP) is 2.12. The molecule has 0 aromatic rings. The molecular formula is C12H25NOS. The Morgan fingerprint density at radius 3 is 2.67 bits per heavy atom. The number of rotatable bonds is 4. The summed E-state index contributed by atoms with van der Waals surface area (Å²) in [5.74, 6) is 2.83. The SMILES string of the molecule is CC(CO)C(C)NC1CSCC(C)(C)C1. The van der Waals surface area contributed by atoms with Crippen LogP contribution in [-0.4, -0.2) is 35.3 Å².